The van der Waals surface area contributed by atoms with E-state index >= 15 is 0 Å². The van der Waals surface area contributed by atoms with Gasteiger partial charge in [0.2, 0.25) is 11.9 Å². The number of aryl methyl sites for hydroxylation is 1. The van der Waals surface area contributed by atoms with Gasteiger partial charge < -0.3 is 20.5 Å². The molecular weight excluding hydrogens is 392 g/mol. The molecule has 0 saturated carbocycles. The number of ether oxygens (including phenoxy) is 2. The number of nitro benzene ring substituents is 1. The van der Waals surface area contributed by atoms with Gasteiger partial charge in [0.05, 0.1) is 17.7 Å². The van der Waals surface area contributed by atoms with E-state index in [0.717, 1.165) is 0 Å². The van der Waals surface area contributed by atoms with Crippen LogP contribution in [-0.4, -0.2) is 33.0 Å². The number of benzene rings is 2. The number of nitro groups is 1. The Morgan fingerprint density at radius 1 is 1.17 bits per heavy atom. The van der Waals surface area contributed by atoms with Crippen LogP contribution in [0.1, 0.15) is 21.7 Å². The summed E-state index contributed by atoms with van der Waals surface area (Å²) in [6, 6.07) is 11.5. The first-order valence-electron chi connectivity index (χ1n) is 8.70. The van der Waals surface area contributed by atoms with E-state index in [2.05, 4.69) is 20.3 Å². The van der Waals surface area contributed by atoms with Crippen molar-refractivity contribution >= 4 is 29.2 Å². The van der Waals surface area contributed by atoms with Crippen LogP contribution < -0.4 is 15.8 Å². The van der Waals surface area contributed by atoms with Gasteiger partial charge in [0, 0.05) is 5.56 Å². The third-order valence-electron chi connectivity index (χ3n) is 4.03. The number of nitrogen functional groups attached to an aromatic ring is 1. The molecule has 0 spiro atoms. The smallest absolute Gasteiger partial charge is 0.345 e. The summed E-state index contributed by atoms with van der Waals surface area (Å²) in [7, 11) is 1.53. The zero-order valence-corrected chi connectivity index (χ0v) is 16.2. The standard InChI is InChI=1S/C19H18N6O5/c1-11-6-5-7-12(16(11)25(27)28)17(26)30-10-15-22-18(20)24-19(23-15)21-13-8-3-4-9-14(13)29-2/h3-9H,10H2,1-2H3,(H3,20,21,22,23,24). The fraction of sp³-hybridized carbons (Fsp3) is 0.158. The summed E-state index contributed by atoms with van der Waals surface area (Å²) in [5.74, 6) is -0.196. The van der Waals surface area contributed by atoms with Crippen molar-refractivity contribution in [3.8, 4) is 5.75 Å². The summed E-state index contributed by atoms with van der Waals surface area (Å²) < 4.78 is 10.4. The number of aromatic nitrogens is 3. The molecular formula is C19H18N6O5. The fourth-order valence-corrected chi connectivity index (χ4v) is 2.70. The maximum Gasteiger partial charge on any atom is 0.345 e. The average molecular weight is 410 g/mol. The van der Waals surface area contributed by atoms with E-state index in [4.69, 9.17) is 15.2 Å². The van der Waals surface area contributed by atoms with Crippen LogP contribution in [0.5, 0.6) is 5.75 Å². The van der Waals surface area contributed by atoms with Crippen LogP contribution in [0.4, 0.5) is 23.3 Å². The van der Waals surface area contributed by atoms with E-state index in [-0.39, 0.29) is 35.6 Å². The average Bonchev–Trinajstić information content (AvgIpc) is 2.71. The van der Waals surface area contributed by atoms with Gasteiger partial charge in [0.1, 0.15) is 11.3 Å². The van der Waals surface area contributed by atoms with Gasteiger partial charge in [0.15, 0.2) is 12.4 Å². The maximum atomic E-state index is 12.4. The van der Waals surface area contributed by atoms with Crippen LogP contribution in [0.15, 0.2) is 42.5 Å². The fourth-order valence-electron chi connectivity index (χ4n) is 2.70. The summed E-state index contributed by atoms with van der Waals surface area (Å²) in [4.78, 5) is 35.1. The Labute approximate surface area is 171 Å². The summed E-state index contributed by atoms with van der Waals surface area (Å²) in [5.41, 5.74) is 6.20. The maximum absolute atomic E-state index is 12.4. The van der Waals surface area contributed by atoms with Crippen molar-refractivity contribution in [1.82, 2.24) is 15.0 Å². The molecule has 0 aliphatic rings. The molecule has 2 aromatic carbocycles. The van der Waals surface area contributed by atoms with Crippen LogP contribution >= 0.6 is 0 Å². The van der Waals surface area contributed by atoms with Gasteiger partial charge in [-0.2, -0.15) is 15.0 Å². The van der Waals surface area contributed by atoms with Crippen molar-refractivity contribution in [1.29, 1.82) is 0 Å². The normalized spacial score (nSPS) is 10.3. The Bertz CT molecular complexity index is 1100. The van der Waals surface area contributed by atoms with Crippen molar-refractivity contribution in [3.05, 3.63) is 69.5 Å². The Hall–Kier alpha value is -4.28. The van der Waals surface area contributed by atoms with E-state index in [1.165, 1.54) is 32.2 Å². The van der Waals surface area contributed by atoms with Gasteiger partial charge in [-0.05, 0) is 25.1 Å². The monoisotopic (exact) mass is 410 g/mol. The molecule has 11 nitrogen and oxygen atoms in total. The number of methoxy groups -OCH3 is 1. The molecule has 0 unspecified atom stereocenters. The highest BCUT2D eigenvalue weighted by atomic mass is 16.6. The van der Waals surface area contributed by atoms with E-state index in [1.54, 1.807) is 24.3 Å². The Balaban J connectivity index is 1.78. The molecule has 0 atom stereocenters. The molecule has 3 N–H and O–H groups in total. The minimum atomic E-state index is -0.872. The molecule has 11 heteroatoms. The molecule has 1 aromatic heterocycles. The number of esters is 1. The van der Waals surface area contributed by atoms with Crippen LogP contribution in [0.3, 0.4) is 0 Å². The zero-order valence-electron chi connectivity index (χ0n) is 16.2. The van der Waals surface area contributed by atoms with Crippen molar-refractivity contribution in [2.45, 2.75) is 13.5 Å². The number of carbonyl (C=O) groups excluding carboxylic acids is 1. The molecule has 154 valence electrons. The van der Waals surface area contributed by atoms with Crippen molar-refractivity contribution in [2.75, 3.05) is 18.2 Å². The molecule has 0 fully saturated rings. The Morgan fingerprint density at radius 3 is 2.67 bits per heavy atom. The highest BCUT2D eigenvalue weighted by Crippen LogP contribution is 2.26. The van der Waals surface area contributed by atoms with Crippen molar-refractivity contribution < 1.29 is 19.2 Å². The van der Waals surface area contributed by atoms with Gasteiger partial charge in [-0.25, -0.2) is 4.79 Å². The number of hydrogen-bond acceptors (Lipinski definition) is 10. The number of nitrogens with zero attached hydrogens (tertiary/aromatic N) is 4. The molecule has 0 bridgehead atoms. The first kappa shape index (κ1) is 20.5. The van der Waals surface area contributed by atoms with Crippen LogP contribution in [0, 0.1) is 17.0 Å². The van der Waals surface area contributed by atoms with E-state index in [9.17, 15) is 14.9 Å². The number of nitrogens with one attached hydrogen (secondary N) is 1. The summed E-state index contributed by atoms with van der Waals surface area (Å²) in [6.07, 6.45) is 0. The predicted octanol–water partition coefficient (Wildman–Crippen LogP) is 2.78. The lowest BCUT2D eigenvalue weighted by molar-refractivity contribution is -0.385. The Kier molecular flexibility index (Phi) is 6.01. The first-order chi connectivity index (χ1) is 14.4. The van der Waals surface area contributed by atoms with Crippen molar-refractivity contribution in [2.24, 2.45) is 0 Å². The summed E-state index contributed by atoms with van der Waals surface area (Å²) >= 11 is 0. The third kappa shape index (κ3) is 4.58. The minimum absolute atomic E-state index is 0.0727. The minimum Gasteiger partial charge on any atom is -0.495 e. The molecule has 0 aliphatic heterocycles. The molecule has 1 heterocycles. The lowest BCUT2D eigenvalue weighted by Crippen LogP contribution is -2.12. The second-order valence-electron chi connectivity index (χ2n) is 6.06. The number of anilines is 3. The number of nitrogens with two attached hydrogens (primary N) is 1. The lowest BCUT2D eigenvalue weighted by Gasteiger charge is -2.11. The van der Waals surface area contributed by atoms with Gasteiger partial charge in [0.25, 0.3) is 5.69 Å². The van der Waals surface area contributed by atoms with Gasteiger partial charge in [-0.15, -0.1) is 0 Å². The van der Waals surface area contributed by atoms with Crippen molar-refractivity contribution in [3.63, 3.8) is 0 Å². The molecule has 3 aromatic rings. The van der Waals surface area contributed by atoms with Crippen LogP contribution in [-0.2, 0) is 11.3 Å². The second-order valence-corrected chi connectivity index (χ2v) is 6.06. The van der Waals surface area contributed by atoms with E-state index < -0.39 is 10.9 Å². The third-order valence-corrected chi connectivity index (χ3v) is 4.03. The van der Waals surface area contributed by atoms with Gasteiger partial charge >= 0.3 is 5.97 Å². The molecule has 0 amide bonds. The predicted molar refractivity (Wildman–Crippen MR) is 107 cm³/mol. The number of para-hydroxylation sites is 3. The highest BCUT2D eigenvalue weighted by Gasteiger charge is 2.24. The first-order valence-corrected chi connectivity index (χ1v) is 8.70. The molecule has 0 aliphatic carbocycles. The zero-order chi connectivity index (χ0) is 21.7. The molecule has 30 heavy (non-hydrogen) atoms. The number of hydrogen-bond donors (Lipinski definition) is 2. The Morgan fingerprint density at radius 2 is 1.93 bits per heavy atom. The molecule has 0 saturated heterocycles. The molecule has 0 radical (unpaired) electrons. The lowest BCUT2D eigenvalue weighted by atomic mass is 10.1. The number of rotatable bonds is 7. The van der Waals surface area contributed by atoms with Gasteiger partial charge in [-0.3, -0.25) is 10.1 Å². The quantitative estimate of drug-likeness (QED) is 0.337. The highest BCUT2D eigenvalue weighted by molar-refractivity contribution is 5.94. The number of carbonyl (C=O) groups is 1. The summed E-state index contributed by atoms with van der Waals surface area (Å²) in [6.45, 7) is 1.19. The largest absolute Gasteiger partial charge is 0.495 e. The molecule has 3 rings (SSSR count). The topological polar surface area (TPSA) is 155 Å². The van der Waals surface area contributed by atoms with Gasteiger partial charge in [-0.1, -0.05) is 24.3 Å². The SMILES string of the molecule is COc1ccccc1Nc1nc(N)nc(COC(=O)c2cccc(C)c2[N+](=O)[O-])n1. The second kappa shape index (κ2) is 8.82. The van der Waals surface area contributed by atoms with E-state index in [1.807, 2.05) is 0 Å². The van der Waals surface area contributed by atoms with E-state index in [0.29, 0.717) is 17.0 Å². The van der Waals surface area contributed by atoms with Crippen LogP contribution in [0.2, 0.25) is 0 Å². The summed E-state index contributed by atoms with van der Waals surface area (Å²) in [5, 5.41) is 14.2. The van der Waals surface area contributed by atoms with Crippen LogP contribution in [0.25, 0.3) is 0 Å².